The fraction of sp³-hybridized carbons (Fsp3) is 0.238. The van der Waals surface area contributed by atoms with Crippen LogP contribution in [0.4, 0.5) is 11.4 Å². The Morgan fingerprint density at radius 1 is 1.04 bits per heavy atom. The van der Waals surface area contributed by atoms with Crippen LogP contribution in [-0.4, -0.2) is 14.9 Å². The van der Waals surface area contributed by atoms with E-state index in [-0.39, 0.29) is 0 Å². The van der Waals surface area contributed by atoms with Gasteiger partial charge in [-0.3, -0.25) is 4.68 Å². The summed E-state index contributed by atoms with van der Waals surface area (Å²) in [5, 5.41) is 11.9. The molecule has 0 spiro atoms. The van der Waals surface area contributed by atoms with E-state index < -0.39 is 0 Å². The standard InChI is InChI=1S/C21H23BrN4S/c1-13-6-5-7-19(14(13)2)23-21(27)24-20-15(3)25-26(16(20)4)12-17-8-10-18(22)11-9-17/h5-11H,12H2,1-4H3,(H2,23,24,27). The zero-order valence-electron chi connectivity index (χ0n) is 15.9. The molecular formula is C21H23BrN4S. The second-order valence-electron chi connectivity index (χ2n) is 6.66. The number of rotatable bonds is 4. The van der Waals surface area contributed by atoms with Crippen molar-refractivity contribution in [3.63, 3.8) is 0 Å². The molecular weight excluding hydrogens is 420 g/mol. The first-order valence-electron chi connectivity index (χ1n) is 8.78. The Kier molecular flexibility index (Phi) is 5.97. The Bertz CT molecular complexity index is 977. The van der Waals surface area contributed by atoms with Crippen molar-refractivity contribution >= 4 is 44.6 Å². The number of aryl methyl sites for hydroxylation is 2. The quantitative estimate of drug-likeness (QED) is 0.505. The van der Waals surface area contributed by atoms with Crippen LogP contribution in [0.5, 0.6) is 0 Å². The van der Waals surface area contributed by atoms with Gasteiger partial charge in [0.05, 0.1) is 23.6 Å². The molecule has 0 saturated carbocycles. The van der Waals surface area contributed by atoms with Gasteiger partial charge in [0.1, 0.15) is 0 Å². The van der Waals surface area contributed by atoms with Crippen molar-refractivity contribution in [3.05, 3.63) is 75.0 Å². The van der Waals surface area contributed by atoms with Crippen molar-refractivity contribution in [2.24, 2.45) is 0 Å². The molecule has 0 amide bonds. The van der Waals surface area contributed by atoms with E-state index in [1.165, 1.54) is 16.7 Å². The van der Waals surface area contributed by atoms with Crippen LogP contribution < -0.4 is 10.6 Å². The second-order valence-corrected chi connectivity index (χ2v) is 7.98. The van der Waals surface area contributed by atoms with Gasteiger partial charge in [0.2, 0.25) is 0 Å². The maximum Gasteiger partial charge on any atom is 0.175 e. The number of aromatic nitrogens is 2. The number of thiocarbonyl (C=S) groups is 1. The first-order valence-corrected chi connectivity index (χ1v) is 9.98. The van der Waals surface area contributed by atoms with Crippen LogP contribution in [0.15, 0.2) is 46.9 Å². The Hall–Kier alpha value is -2.18. The fourth-order valence-corrected chi connectivity index (χ4v) is 3.42. The van der Waals surface area contributed by atoms with Crippen LogP contribution >= 0.6 is 28.1 Å². The molecule has 0 aliphatic carbocycles. The van der Waals surface area contributed by atoms with Gasteiger partial charge in [-0.15, -0.1) is 0 Å². The van der Waals surface area contributed by atoms with Gasteiger partial charge in [0.15, 0.2) is 5.11 Å². The molecule has 140 valence electrons. The van der Waals surface area contributed by atoms with Gasteiger partial charge < -0.3 is 10.6 Å². The number of benzene rings is 2. The topological polar surface area (TPSA) is 41.9 Å². The largest absolute Gasteiger partial charge is 0.332 e. The third kappa shape index (κ3) is 4.57. The molecule has 0 radical (unpaired) electrons. The Morgan fingerprint density at radius 3 is 2.44 bits per heavy atom. The Labute approximate surface area is 174 Å². The van der Waals surface area contributed by atoms with E-state index in [0.717, 1.165) is 33.8 Å². The van der Waals surface area contributed by atoms with E-state index in [1.54, 1.807) is 0 Å². The Balaban J connectivity index is 1.75. The number of halogens is 1. The molecule has 2 N–H and O–H groups in total. The number of hydrogen-bond donors (Lipinski definition) is 2. The van der Waals surface area contributed by atoms with Crippen molar-refractivity contribution in [1.29, 1.82) is 0 Å². The van der Waals surface area contributed by atoms with E-state index in [9.17, 15) is 0 Å². The van der Waals surface area contributed by atoms with E-state index >= 15 is 0 Å². The molecule has 3 aromatic rings. The number of nitrogens with zero attached hydrogens (tertiary/aromatic N) is 2. The number of anilines is 2. The van der Waals surface area contributed by atoms with Crippen molar-refractivity contribution in [2.75, 3.05) is 10.6 Å². The molecule has 0 aliphatic heterocycles. The zero-order valence-corrected chi connectivity index (χ0v) is 18.3. The SMILES string of the molecule is Cc1cccc(NC(=S)Nc2c(C)nn(Cc3ccc(Br)cc3)c2C)c1C. The molecule has 27 heavy (non-hydrogen) atoms. The van der Waals surface area contributed by atoms with Crippen molar-refractivity contribution in [3.8, 4) is 0 Å². The van der Waals surface area contributed by atoms with Gasteiger partial charge in [0, 0.05) is 10.2 Å². The molecule has 0 atom stereocenters. The highest BCUT2D eigenvalue weighted by atomic mass is 79.9. The predicted molar refractivity (Wildman–Crippen MR) is 121 cm³/mol. The van der Waals surface area contributed by atoms with Gasteiger partial charge in [-0.2, -0.15) is 5.10 Å². The van der Waals surface area contributed by atoms with E-state index in [1.807, 2.05) is 35.9 Å². The van der Waals surface area contributed by atoms with Crippen LogP contribution in [0.3, 0.4) is 0 Å². The summed E-state index contributed by atoms with van der Waals surface area (Å²) in [4.78, 5) is 0. The summed E-state index contributed by atoms with van der Waals surface area (Å²) in [6, 6.07) is 14.4. The van der Waals surface area contributed by atoms with Crippen LogP contribution in [0.25, 0.3) is 0 Å². The molecule has 0 aliphatic rings. The maximum absolute atomic E-state index is 5.53. The minimum atomic E-state index is 0.568. The first-order chi connectivity index (χ1) is 12.8. The average Bonchev–Trinajstić information content (AvgIpc) is 2.88. The van der Waals surface area contributed by atoms with Crippen molar-refractivity contribution < 1.29 is 0 Å². The molecule has 0 saturated heterocycles. The molecule has 3 rings (SSSR count). The second kappa shape index (κ2) is 8.23. The molecule has 6 heteroatoms. The van der Waals surface area contributed by atoms with Gasteiger partial charge in [-0.1, -0.05) is 40.2 Å². The molecule has 1 aromatic heterocycles. The lowest BCUT2D eigenvalue weighted by atomic mass is 10.1. The number of hydrogen-bond acceptors (Lipinski definition) is 2. The zero-order chi connectivity index (χ0) is 19.6. The van der Waals surface area contributed by atoms with E-state index in [4.69, 9.17) is 12.2 Å². The van der Waals surface area contributed by atoms with E-state index in [0.29, 0.717) is 5.11 Å². The molecule has 0 fully saturated rings. The van der Waals surface area contributed by atoms with Gasteiger partial charge >= 0.3 is 0 Å². The summed E-state index contributed by atoms with van der Waals surface area (Å²) in [6.45, 7) is 8.96. The van der Waals surface area contributed by atoms with Crippen LogP contribution in [-0.2, 0) is 6.54 Å². The lowest BCUT2D eigenvalue weighted by molar-refractivity contribution is 0.659. The fourth-order valence-electron chi connectivity index (χ4n) is 2.95. The Morgan fingerprint density at radius 2 is 1.74 bits per heavy atom. The lowest BCUT2D eigenvalue weighted by Crippen LogP contribution is -2.20. The molecule has 4 nitrogen and oxygen atoms in total. The highest BCUT2D eigenvalue weighted by Crippen LogP contribution is 2.23. The lowest BCUT2D eigenvalue weighted by Gasteiger charge is -2.14. The average molecular weight is 443 g/mol. The summed E-state index contributed by atoms with van der Waals surface area (Å²) in [5.41, 5.74) is 7.58. The summed E-state index contributed by atoms with van der Waals surface area (Å²) in [5.74, 6) is 0. The van der Waals surface area contributed by atoms with Crippen LogP contribution in [0, 0.1) is 27.7 Å². The normalized spacial score (nSPS) is 10.7. The van der Waals surface area contributed by atoms with E-state index in [2.05, 4.69) is 70.6 Å². The first kappa shape index (κ1) is 19.6. The van der Waals surface area contributed by atoms with Crippen molar-refractivity contribution in [1.82, 2.24) is 9.78 Å². The monoisotopic (exact) mass is 442 g/mol. The van der Waals surface area contributed by atoms with Gasteiger partial charge in [0.25, 0.3) is 0 Å². The van der Waals surface area contributed by atoms with Crippen LogP contribution in [0.1, 0.15) is 28.1 Å². The highest BCUT2D eigenvalue weighted by Gasteiger charge is 2.13. The predicted octanol–water partition coefficient (Wildman–Crippen LogP) is 5.74. The third-order valence-corrected chi connectivity index (χ3v) is 5.45. The number of nitrogens with one attached hydrogen (secondary N) is 2. The van der Waals surface area contributed by atoms with Gasteiger partial charge in [-0.05, 0) is 74.8 Å². The molecule has 0 unspecified atom stereocenters. The molecule has 0 bridgehead atoms. The van der Waals surface area contributed by atoms with Crippen LogP contribution in [0.2, 0.25) is 0 Å². The summed E-state index contributed by atoms with van der Waals surface area (Å²) in [7, 11) is 0. The van der Waals surface area contributed by atoms with Crippen molar-refractivity contribution in [2.45, 2.75) is 34.2 Å². The summed E-state index contributed by atoms with van der Waals surface area (Å²) < 4.78 is 3.08. The highest BCUT2D eigenvalue weighted by molar-refractivity contribution is 9.10. The molecule has 2 aromatic carbocycles. The third-order valence-electron chi connectivity index (χ3n) is 4.72. The minimum absolute atomic E-state index is 0.568. The smallest absolute Gasteiger partial charge is 0.175 e. The maximum atomic E-state index is 5.53. The summed E-state index contributed by atoms with van der Waals surface area (Å²) in [6.07, 6.45) is 0. The molecule has 1 heterocycles. The summed E-state index contributed by atoms with van der Waals surface area (Å²) >= 11 is 9.00. The van der Waals surface area contributed by atoms with Gasteiger partial charge in [-0.25, -0.2) is 0 Å². The minimum Gasteiger partial charge on any atom is -0.332 e.